The highest BCUT2D eigenvalue weighted by atomic mass is 16.6. The number of nitro benzene ring substituents is 1. The lowest BCUT2D eigenvalue weighted by Gasteiger charge is -2.26. The van der Waals surface area contributed by atoms with Gasteiger partial charge < -0.3 is 15.8 Å². The van der Waals surface area contributed by atoms with Crippen molar-refractivity contribution in [1.29, 1.82) is 0 Å². The summed E-state index contributed by atoms with van der Waals surface area (Å²) in [6.45, 7) is 1.85. The molecule has 8 nitrogen and oxygen atoms in total. The van der Waals surface area contributed by atoms with E-state index in [1.807, 2.05) is 18.2 Å². The van der Waals surface area contributed by atoms with E-state index in [1.54, 1.807) is 37.3 Å². The molecule has 27 heavy (non-hydrogen) atoms. The van der Waals surface area contributed by atoms with Crippen LogP contribution in [0.5, 0.6) is 0 Å². The summed E-state index contributed by atoms with van der Waals surface area (Å²) in [5, 5.41) is 14.4. The van der Waals surface area contributed by atoms with Crippen LogP contribution in [0.1, 0.15) is 24.1 Å². The second kappa shape index (κ2) is 7.69. The number of benzene rings is 2. The molecule has 0 fully saturated rings. The number of nitrogens with two attached hydrogens (primary N) is 1. The van der Waals surface area contributed by atoms with Crippen molar-refractivity contribution >= 4 is 23.3 Å². The lowest BCUT2D eigenvalue weighted by Crippen LogP contribution is -2.37. The SMILES string of the molecule is CCOC(=O)C1=C(c2ccccc2)NC(N)=NC1c1ccccc1[N+](=O)[O-]. The molecule has 0 aliphatic carbocycles. The third kappa shape index (κ3) is 3.64. The fraction of sp³-hybridized carbons (Fsp3) is 0.158. The number of esters is 1. The average Bonchev–Trinajstić information content (AvgIpc) is 2.68. The number of nitro groups is 1. The molecule has 2 aromatic rings. The van der Waals surface area contributed by atoms with Gasteiger partial charge >= 0.3 is 5.97 Å². The Morgan fingerprint density at radius 3 is 2.56 bits per heavy atom. The van der Waals surface area contributed by atoms with Crippen LogP contribution in [-0.2, 0) is 9.53 Å². The van der Waals surface area contributed by atoms with E-state index >= 15 is 0 Å². The molecule has 0 radical (unpaired) electrons. The van der Waals surface area contributed by atoms with Gasteiger partial charge in [-0.1, -0.05) is 42.5 Å². The van der Waals surface area contributed by atoms with Crippen molar-refractivity contribution in [2.75, 3.05) is 6.61 Å². The van der Waals surface area contributed by atoms with Gasteiger partial charge in [-0.2, -0.15) is 0 Å². The first-order valence-corrected chi connectivity index (χ1v) is 8.33. The second-order valence-electron chi connectivity index (χ2n) is 5.73. The number of para-hydroxylation sites is 1. The highest BCUT2D eigenvalue weighted by Crippen LogP contribution is 2.38. The van der Waals surface area contributed by atoms with Gasteiger partial charge in [-0.15, -0.1) is 0 Å². The number of carbonyl (C=O) groups excluding carboxylic acids is 1. The summed E-state index contributed by atoms with van der Waals surface area (Å²) in [5.41, 5.74) is 7.35. The van der Waals surface area contributed by atoms with Crippen molar-refractivity contribution in [2.45, 2.75) is 13.0 Å². The lowest BCUT2D eigenvalue weighted by atomic mass is 9.92. The van der Waals surface area contributed by atoms with Gasteiger partial charge in [0.05, 0.1) is 28.4 Å². The molecule has 0 saturated heterocycles. The van der Waals surface area contributed by atoms with Crippen LogP contribution in [0.25, 0.3) is 5.70 Å². The maximum atomic E-state index is 12.8. The molecule has 1 unspecified atom stereocenters. The van der Waals surface area contributed by atoms with Crippen molar-refractivity contribution in [3.05, 3.63) is 81.4 Å². The smallest absolute Gasteiger partial charge is 0.338 e. The summed E-state index contributed by atoms with van der Waals surface area (Å²) in [4.78, 5) is 28.0. The summed E-state index contributed by atoms with van der Waals surface area (Å²) >= 11 is 0. The molecule has 1 aliphatic rings. The fourth-order valence-corrected chi connectivity index (χ4v) is 2.93. The van der Waals surface area contributed by atoms with Crippen molar-refractivity contribution in [3.63, 3.8) is 0 Å². The largest absolute Gasteiger partial charge is 0.463 e. The van der Waals surface area contributed by atoms with Gasteiger partial charge in [0, 0.05) is 6.07 Å². The van der Waals surface area contributed by atoms with Crippen molar-refractivity contribution in [3.8, 4) is 0 Å². The monoisotopic (exact) mass is 366 g/mol. The van der Waals surface area contributed by atoms with E-state index < -0.39 is 16.9 Å². The normalized spacial score (nSPS) is 16.3. The Balaban J connectivity index is 2.24. The fourth-order valence-electron chi connectivity index (χ4n) is 2.93. The van der Waals surface area contributed by atoms with Crippen LogP contribution in [-0.4, -0.2) is 23.5 Å². The third-order valence-corrected chi connectivity index (χ3v) is 4.05. The molecule has 0 bridgehead atoms. The molecule has 1 heterocycles. The molecule has 2 aromatic carbocycles. The summed E-state index contributed by atoms with van der Waals surface area (Å²) in [6.07, 6.45) is 0. The van der Waals surface area contributed by atoms with Crippen molar-refractivity contribution in [1.82, 2.24) is 5.32 Å². The molecule has 3 N–H and O–H groups in total. The number of guanidine groups is 1. The first kappa shape index (κ1) is 18.1. The van der Waals surface area contributed by atoms with Gasteiger partial charge in [-0.3, -0.25) is 10.1 Å². The van der Waals surface area contributed by atoms with Gasteiger partial charge in [-0.25, -0.2) is 9.79 Å². The predicted octanol–water partition coefficient (Wildman–Crippen LogP) is 2.53. The Kier molecular flexibility index (Phi) is 5.16. The van der Waals surface area contributed by atoms with E-state index in [2.05, 4.69) is 10.3 Å². The van der Waals surface area contributed by atoms with Crippen LogP contribution >= 0.6 is 0 Å². The first-order chi connectivity index (χ1) is 13.0. The Bertz CT molecular complexity index is 938. The lowest BCUT2D eigenvalue weighted by molar-refractivity contribution is -0.385. The van der Waals surface area contributed by atoms with Crippen molar-refractivity contribution < 1.29 is 14.5 Å². The Hall–Kier alpha value is -3.68. The maximum Gasteiger partial charge on any atom is 0.338 e. The van der Waals surface area contributed by atoms with Crippen LogP contribution in [0.3, 0.4) is 0 Å². The van der Waals surface area contributed by atoms with E-state index in [0.29, 0.717) is 11.3 Å². The molecule has 1 atom stereocenters. The third-order valence-electron chi connectivity index (χ3n) is 4.05. The minimum Gasteiger partial charge on any atom is -0.463 e. The second-order valence-corrected chi connectivity index (χ2v) is 5.73. The Morgan fingerprint density at radius 1 is 1.22 bits per heavy atom. The molecular formula is C19H18N4O4. The number of hydrogen-bond acceptors (Lipinski definition) is 7. The zero-order valence-corrected chi connectivity index (χ0v) is 14.6. The number of nitrogens with zero attached hydrogens (tertiary/aromatic N) is 2. The molecule has 8 heteroatoms. The number of hydrogen-bond donors (Lipinski definition) is 2. The van der Waals surface area contributed by atoms with Gasteiger partial charge in [0.2, 0.25) is 0 Å². The minimum atomic E-state index is -0.956. The van der Waals surface area contributed by atoms with Crippen LogP contribution in [0.15, 0.2) is 65.2 Å². The highest BCUT2D eigenvalue weighted by molar-refractivity contribution is 6.04. The van der Waals surface area contributed by atoms with E-state index in [9.17, 15) is 14.9 Å². The molecule has 0 amide bonds. The summed E-state index contributed by atoms with van der Waals surface area (Å²) in [5.74, 6) is -0.548. The first-order valence-electron chi connectivity index (χ1n) is 8.33. The molecule has 3 rings (SSSR count). The van der Waals surface area contributed by atoms with E-state index in [4.69, 9.17) is 10.5 Å². The minimum absolute atomic E-state index is 0.0602. The van der Waals surface area contributed by atoms with Gasteiger partial charge in [0.25, 0.3) is 5.69 Å². The van der Waals surface area contributed by atoms with E-state index in [-0.39, 0.29) is 29.4 Å². The standard InChI is InChI=1S/C19H18N4O4/c1-2-27-18(24)15-16(12-8-4-3-5-9-12)21-19(20)22-17(15)13-10-6-7-11-14(13)23(25)26/h3-11,17H,2H2,1H3,(H3,20,21,22). The predicted molar refractivity (Wildman–Crippen MR) is 101 cm³/mol. The molecule has 0 spiro atoms. The maximum absolute atomic E-state index is 12.8. The zero-order chi connectivity index (χ0) is 19.4. The van der Waals surface area contributed by atoms with E-state index in [1.165, 1.54) is 6.07 Å². The van der Waals surface area contributed by atoms with E-state index in [0.717, 1.165) is 0 Å². The number of carbonyl (C=O) groups is 1. The highest BCUT2D eigenvalue weighted by Gasteiger charge is 2.35. The number of ether oxygens (including phenoxy) is 1. The summed E-state index contributed by atoms with van der Waals surface area (Å²) in [7, 11) is 0. The number of aliphatic imine (C=N–C) groups is 1. The Labute approximate surface area is 155 Å². The summed E-state index contributed by atoms with van der Waals surface area (Å²) < 4.78 is 5.20. The van der Waals surface area contributed by atoms with Gasteiger partial charge in [0.15, 0.2) is 5.96 Å². The van der Waals surface area contributed by atoms with Crippen LogP contribution in [0.2, 0.25) is 0 Å². The Morgan fingerprint density at radius 2 is 1.89 bits per heavy atom. The van der Waals surface area contributed by atoms with Crippen molar-refractivity contribution in [2.24, 2.45) is 10.7 Å². The molecular weight excluding hydrogens is 348 g/mol. The van der Waals surface area contributed by atoms with Crippen LogP contribution in [0.4, 0.5) is 5.69 Å². The molecule has 0 saturated carbocycles. The zero-order valence-electron chi connectivity index (χ0n) is 14.6. The van der Waals surface area contributed by atoms with Crippen LogP contribution < -0.4 is 11.1 Å². The quantitative estimate of drug-likeness (QED) is 0.477. The number of rotatable bonds is 5. The average molecular weight is 366 g/mol. The molecule has 1 aliphatic heterocycles. The molecule has 138 valence electrons. The van der Waals surface area contributed by atoms with Gasteiger partial charge in [0.1, 0.15) is 6.04 Å². The van der Waals surface area contributed by atoms with Crippen LogP contribution in [0, 0.1) is 10.1 Å². The van der Waals surface area contributed by atoms with Gasteiger partial charge in [-0.05, 0) is 18.6 Å². The topological polar surface area (TPSA) is 120 Å². The molecule has 0 aromatic heterocycles. The number of nitrogens with one attached hydrogen (secondary N) is 1. The summed E-state index contributed by atoms with van der Waals surface area (Å²) in [6, 6.07) is 14.3.